The Morgan fingerprint density at radius 2 is 2.00 bits per heavy atom. The number of ether oxygens (including phenoxy) is 2. The molecule has 0 saturated heterocycles. The number of nitrogens with two attached hydrogens (primary N) is 1. The Balaban J connectivity index is 2.45. The van der Waals surface area contributed by atoms with E-state index < -0.39 is 5.97 Å². The summed E-state index contributed by atoms with van der Waals surface area (Å²) in [6, 6.07) is 8.41. The maximum atomic E-state index is 11.3. The zero-order chi connectivity index (χ0) is 13.1. The Bertz CT molecular complexity index is 574. The van der Waals surface area contributed by atoms with Gasteiger partial charge in [0, 0.05) is 5.69 Å². The Morgan fingerprint density at radius 3 is 2.67 bits per heavy atom. The molecule has 2 N–H and O–H groups in total. The molecular weight excluding hydrogens is 234 g/mol. The summed E-state index contributed by atoms with van der Waals surface area (Å²) >= 11 is 0. The number of carbonyl (C=O) groups excluding carboxylic acids is 1. The number of rotatable bonds is 3. The third-order valence-electron chi connectivity index (χ3n) is 2.48. The second kappa shape index (κ2) is 4.83. The van der Waals surface area contributed by atoms with Crippen molar-refractivity contribution in [2.24, 2.45) is 0 Å². The Labute approximate surface area is 104 Å². The molecule has 0 saturated carbocycles. The molecule has 0 bridgehead atoms. The van der Waals surface area contributed by atoms with Crippen LogP contribution < -0.4 is 10.5 Å². The number of hydrogen-bond donors (Lipinski definition) is 1. The lowest BCUT2D eigenvalue weighted by atomic mass is 10.1. The average molecular weight is 247 g/mol. The van der Waals surface area contributed by atoms with Crippen LogP contribution in [0.3, 0.4) is 0 Å². The van der Waals surface area contributed by atoms with E-state index in [0.29, 0.717) is 22.8 Å². The number of furan rings is 1. The highest BCUT2D eigenvalue weighted by Crippen LogP contribution is 2.33. The number of nitrogen functional groups attached to an aromatic ring is 1. The van der Waals surface area contributed by atoms with Crippen LogP contribution >= 0.6 is 0 Å². The van der Waals surface area contributed by atoms with Crippen molar-refractivity contribution in [2.75, 3.05) is 20.0 Å². The third-order valence-corrected chi connectivity index (χ3v) is 2.48. The van der Waals surface area contributed by atoms with Crippen molar-refractivity contribution in [1.82, 2.24) is 0 Å². The first-order valence-corrected chi connectivity index (χ1v) is 5.27. The first-order valence-electron chi connectivity index (χ1n) is 5.27. The lowest BCUT2D eigenvalue weighted by Crippen LogP contribution is -1.98. The standard InChI is InChI=1S/C13H13NO4/c1-16-10-4-3-8(14)7-9(10)11-5-6-12(18-11)13(15)17-2/h3-7H,14H2,1-2H3. The number of methoxy groups -OCH3 is 2. The average Bonchev–Trinajstić information content (AvgIpc) is 2.87. The molecule has 0 amide bonds. The number of carbonyl (C=O) groups is 1. The highest BCUT2D eigenvalue weighted by atomic mass is 16.5. The molecule has 18 heavy (non-hydrogen) atoms. The minimum Gasteiger partial charge on any atom is -0.496 e. The van der Waals surface area contributed by atoms with Crippen molar-refractivity contribution in [3.8, 4) is 17.1 Å². The van der Waals surface area contributed by atoms with E-state index in [4.69, 9.17) is 14.9 Å². The maximum Gasteiger partial charge on any atom is 0.373 e. The van der Waals surface area contributed by atoms with Crippen molar-refractivity contribution in [3.05, 3.63) is 36.1 Å². The molecule has 0 aliphatic rings. The van der Waals surface area contributed by atoms with Gasteiger partial charge in [0.15, 0.2) is 0 Å². The molecule has 5 heteroatoms. The Kier molecular flexibility index (Phi) is 3.23. The summed E-state index contributed by atoms with van der Waals surface area (Å²) in [6.45, 7) is 0. The second-order valence-corrected chi connectivity index (χ2v) is 3.62. The molecule has 0 atom stereocenters. The third kappa shape index (κ3) is 2.15. The number of benzene rings is 1. The molecule has 2 rings (SSSR count). The van der Waals surface area contributed by atoms with Gasteiger partial charge in [-0.05, 0) is 30.3 Å². The van der Waals surface area contributed by atoms with Crippen molar-refractivity contribution in [3.63, 3.8) is 0 Å². The summed E-state index contributed by atoms with van der Waals surface area (Å²) in [5.74, 6) is 0.732. The van der Waals surface area contributed by atoms with Crippen LogP contribution in [0, 0.1) is 0 Å². The normalized spacial score (nSPS) is 10.1. The van der Waals surface area contributed by atoms with Gasteiger partial charge in [-0.2, -0.15) is 0 Å². The van der Waals surface area contributed by atoms with Gasteiger partial charge in [-0.3, -0.25) is 0 Å². The molecule has 0 spiro atoms. The fourth-order valence-corrected chi connectivity index (χ4v) is 1.61. The van der Waals surface area contributed by atoms with Crippen LogP contribution in [0.5, 0.6) is 5.75 Å². The van der Waals surface area contributed by atoms with Crippen molar-refractivity contribution in [2.45, 2.75) is 0 Å². The molecule has 0 aliphatic carbocycles. The van der Waals surface area contributed by atoms with Gasteiger partial charge < -0.3 is 19.6 Å². The van der Waals surface area contributed by atoms with Gasteiger partial charge in [0.2, 0.25) is 5.76 Å². The van der Waals surface area contributed by atoms with Crippen LogP contribution in [0.1, 0.15) is 10.6 Å². The van der Waals surface area contributed by atoms with Crippen molar-refractivity contribution in [1.29, 1.82) is 0 Å². The smallest absolute Gasteiger partial charge is 0.373 e. The molecule has 1 aromatic carbocycles. The molecule has 0 radical (unpaired) electrons. The van der Waals surface area contributed by atoms with E-state index in [9.17, 15) is 4.79 Å². The summed E-state index contributed by atoms with van der Waals surface area (Å²) in [7, 11) is 2.85. The summed E-state index contributed by atoms with van der Waals surface area (Å²) in [5.41, 5.74) is 7.00. The van der Waals surface area contributed by atoms with Gasteiger partial charge in [-0.25, -0.2) is 4.79 Å². The zero-order valence-corrected chi connectivity index (χ0v) is 10.1. The molecule has 94 valence electrons. The first kappa shape index (κ1) is 12.0. The predicted octanol–water partition coefficient (Wildman–Crippen LogP) is 2.32. The van der Waals surface area contributed by atoms with E-state index in [0.717, 1.165) is 0 Å². The minimum absolute atomic E-state index is 0.136. The second-order valence-electron chi connectivity index (χ2n) is 3.62. The number of hydrogen-bond acceptors (Lipinski definition) is 5. The van der Waals surface area contributed by atoms with Gasteiger partial charge in [-0.15, -0.1) is 0 Å². The van der Waals surface area contributed by atoms with E-state index in [1.54, 1.807) is 37.4 Å². The SMILES string of the molecule is COC(=O)c1ccc(-c2cc(N)ccc2OC)o1. The first-order chi connectivity index (χ1) is 8.65. The number of esters is 1. The largest absolute Gasteiger partial charge is 0.496 e. The summed E-state index contributed by atoms with van der Waals surface area (Å²) in [4.78, 5) is 11.3. The molecule has 1 aromatic heterocycles. The summed E-state index contributed by atoms with van der Waals surface area (Å²) in [5, 5.41) is 0. The van der Waals surface area contributed by atoms with Gasteiger partial charge in [0.1, 0.15) is 11.5 Å². The summed E-state index contributed by atoms with van der Waals surface area (Å²) in [6.07, 6.45) is 0. The van der Waals surface area contributed by atoms with Gasteiger partial charge in [0.05, 0.1) is 19.8 Å². The molecule has 0 aliphatic heterocycles. The van der Waals surface area contributed by atoms with Gasteiger partial charge in [0.25, 0.3) is 0 Å². The number of anilines is 1. The molecule has 1 heterocycles. The quantitative estimate of drug-likeness (QED) is 0.665. The van der Waals surface area contributed by atoms with Crippen molar-refractivity contribution >= 4 is 11.7 Å². The Hall–Kier alpha value is -2.43. The van der Waals surface area contributed by atoms with E-state index >= 15 is 0 Å². The van der Waals surface area contributed by atoms with Crippen LogP contribution in [0.15, 0.2) is 34.7 Å². The van der Waals surface area contributed by atoms with Crippen LogP contribution in [0.25, 0.3) is 11.3 Å². The lowest BCUT2D eigenvalue weighted by Gasteiger charge is -2.06. The van der Waals surface area contributed by atoms with E-state index in [1.807, 2.05) is 0 Å². The van der Waals surface area contributed by atoms with Crippen LogP contribution in [0.2, 0.25) is 0 Å². The molecule has 0 unspecified atom stereocenters. The van der Waals surface area contributed by atoms with Crippen LogP contribution in [-0.4, -0.2) is 20.2 Å². The fraction of sp³-hybridized carbons (Fsp3) is 0.154. The molecule has 2 aromatic rings. The van der Waals surface area contributed by atoms with E-state index in [1.165, 1.54) is 7.11 Å². The highest BCUT2D eigenvalue weighted by molar-refractivity contribution is 5.87. The monoisotopic (exact) mass is 247 g/mol. The van der Waals surface area contributed by atoms with Gasteiger partial charge in [-0.1, -0.05) is 0 Å². The van der Waals surface area contributed by atoms with E-state index in [-0.39, 0.29) is 5.76 Å². The molecular formula is C13H13NO4. The predicted molar refractivity (Wildman–Crippen MR) is 66.4 cm³/mol. The van der Waals surface area contributed by atoms with E-state index in [2.05, 4.69) is 4.74 Å². The minimum atomic E-state index is -0.524. The fourth-order valence-electron chi connectivity index (χ4n) is 1.61. The maximum absolute atomic E-state index is 11.3. The highest BCUT2D eigenvalue weighted by Gasteiger charge is 2.15. The lowest BCUT2D eigenvalue weighted by molar-refractivity contribution is 0.0566. The van der Waals surface area contributed by atoms with Crippen LogP contribution in [-0.2, 0) is 4.74 Å². The Morgan fingerprint density at radius 1 is 1.22 bits per heavy atom. The molecule has 0 fully saturated rings. The van der Waals surface area contributed by atoms with Gasteiger partial charge >= 0.3 is 5.97 Å². The van der Waals surface area contributed by atoms with Crippen molar-refractivity contribution < 1.29 is 18.7 Å². The summed E-state index contributed by atoms with van der Waals surface area (Å²) < 4.78 is 15.2. The van der Waals surface area contributed by atoms with Crippen LogP contribution in [0.4, 0.5) is 5.69 Å². The zero-order valence-electron chi connectivity index (χ0n) is 10.1. The topological polar surface area (TPSA) is 74.7 Å². The molecule has 5 nitrogen and oxygen atoms in total.